The Morgan fingerprint density at radius 1 is 1.03 bits per heavy atom. The number of carbonyl (C=O) groups excluding carboxylic acids is 2. The van der Waals surface area contributed by atoms with Crippen molar-refractivity contribution in [3.05, 3.63) is 54.1 Å². The molecule has 2 saturated heterocycles. The topological polar surface area (TPSA) is 96.1 Å². The molecule has 0 spiro atoms. The second kappa shape index (κ2) is 10.8. The standard InChI is InChI=1S/C30H39N3O4/c1-30(13-2-14-30)20-32-15-11-21(12-16-32)19-37-26-9-7-23(8-10-26)22-3-5-24(6-4-22)29(36)33-18-25(34)17-27(33)28(31)35/h3-10,21,25,27,34H,2,11-20H2,1H3,(H2,31,35)/t25-,27+/m1/s1. The van der Waals surface area contributed by atoms with Gasteiger partial charge in [0.05, 0.1) is 12.7 Å². The number of rotatable bonds is 8. The van der Waals surface area contributed by atoms with Gasteiger partial charge < -0.3 is 25.4 Å². The van der Waals surface area contributed by atoms with Crippen LogP contribution >= 0.6 is 0 Å². The summed E-state index contributed by atoms with van der Waals surface area (Å²) in [6.07, 6.45) is 6.03. The molecular weight excluding hydrogens is 466 g/mol. The molecule has 37 heavy (non-hydrogen) atoms. The van der Waals surface area contributed by atoms with E-state index in [-0.39, 0.29) is 18.9 Å². The predicted octanol–water partition coefficient (Wildman–Crippen LogP) is 3.70. The molecule has 7 heteroatoms. The lowest BCUT2D eigenvalue weighted by molar-refractivity contribution is -0.121. The number of aliphatic hydroxyl groups excluding tert-OH is 1. The molecule has 2 aromatic carbocycles. The van der Waals surface area contributed by atoms with Crippen LogP contribution in [0.3, 0.4) is 0 Å². The van der Waals surface area contributed by atoms with Gasteiger partial charge in [-0.15, -0.1) is 0 Å². The van der Waals surface area contributed by atoms with Crippen LogP contribution in [-0.2, 0) is 4.79 Å². The number of amides is 2. The summed E-state index contributed by atoms with van der Waals surface area (Å²) in [6, 6.07) is 14.6. The maximum absolute atomic E-state index is 12.9. The molecule has 0 bridgehead atoms. The van der Waals surface area contributed by atoms with Gasteiger partial charge in [-0.05, 0) is 85.5 Å². The first-order valence-corrected chi connectivity index (χ1v) is 13.6. The van der Waals surface area contributed by atoms with Gasteiger partial charge in [0.2, 0.25) is 5.91 Å². The van der Waals surface area contributed by atoms with Crippen LogP contribution in [-0.4, -0.2) is 71.7 Å². The van der Waals surface area contributed by atoms with Crippen molar-refractivity contribution >= 4 is 11.8 Å². The van der Waals surface area contributed by atoms with E-state index in [9.17, 15) is 14.7 Å². The molecule has 5 rings (SSSR count). The molecule has 2 amide bonds. The third-order valence-corrected chi connectivity index (χ3v) is 8.55. The van der Waals surface area contributed by atoms with E-state index in [4.69, 9.17) is 10.5 Å². The van der Waals surface area contributed by atoms with Crippen molar-refractivity contribution in [3.8, 4) is 16.9 Å². The number of β-amino-alcohol motifs (C(OH)–C–C–N with tert-alkyl or cyclic N) is 1. The number of nitrogens with two attached hydrogens (primary N) is 1. The Hall–Kier alpha value is -2.90. The van der Waals surface area contributed by atoms with Crippen LogP contribution in [0.4, 0.5) is 0 Å². The highest BCUT2D eigenvalue weighted by molar-refractivity contribution is 5.98. The highest BCUT2D eigenvalue weighted by Gasteiger charge is 2.38. The normalized spacial score (nSPS) is 24.0. The molecular formula is C30H39N3O4. The quantitative estimate of drug-likeness (QED) is 0.570. The van der Waals surface area contributed by atoms with Crippen LogP contribution in [0.2, 0.25) is 0 Å². The third-order valence-electron chi connectivity index (χ3n) is 8.55. The van der Waals surface area contributed by atoms with Crippen molar-refractivity contribution in [2.75, 3.05) is 32.8 Å². The summed E-state index contributed by atoms with van der Waals surface area (Å²) in [6.45, 7) is 6.94. The lowest BCUT2D eigenvalue weighted by Gasteiger charge is -2.44. The molecule has 0 unspecified atom stereocenters. The average molecular weight is 506 g/mol. The van der Waals surface area contributed by atoms with Crippen LogP contribution in [0.5, 0.6) is 5.75 Å². The van der Waals surface area contributed by atoms with Crippen LogP contribution in [0.15, 0.2) is 48.5 Å². The minimum atomic E-state index is -0.766. The number of hydrogen-bond donors (Lipinski definition) is 2. The van der Waals surface area contributed by atoms with Crippen molar-refractivity contribution in [3.63, 3.8) is 0 Å². The van der Waals surface area contributed by atoms with E-state index >= 15 is 0 Å². The van der Waals surface area contributed by atoms with E-state index in [1.807, 2.05) is 36.4 Å². The summed E-state index contributed by atoms with van der Waals surface area (Å²) in [5, 5.41) is 9.89. The average Bonchev–Trinajstić information content (AvgIpc) is 3.29. The summed E-state index contributed by atoms with van der Waals surface area (Å²) in [7, 11) is 0. The van der Waals surface area contributed by atoms with Gasteiger partial charge in [-0.3, -0.25) is 9.59 Å². The van der Waals surface area contributed by atoms with Gasteiger partial charge in [0.1, 0.15) is 11.8 Å². The lowest BCUT2D eigenvalue weighted by atomic mass is 9.70. The Morgan fingerprint density at radius 3 is 2.22 bits per heavy atom. The number of ether oxygens (including phenoxy) is 1. The second-order valence-corrected chi connectivity index (χ2v) is 11.6. The third kappa shape index (κ3) is 5.99. The zero-order valence-electron chi connectivity index (χ0n) is 21.8. The van der Waals surface area contributed by atoms with Crippen molar-refractivity contribution < 1.29 is 19.4 Å². The monoisotopic (exact) mass is 505 g/mol. The summed E-state index contributed by atoms with van der Waals surface area (Å²) >= 11 is 0. The number of benzene rings is 2. The van der Waals surface area contributed by atoms with Gasteiger partial charge in [0.25, 0.3) is 5.91 Å². The van der Waals surface area contributed by atoms with E-state index in [0.717, 1.165) is 23.5 Å². The van der Waals surface area contributed by atoms with Gasteiger partial charge >= 0.3 is 0 Å². The fraction of sp³-hybridized carbons (Fsp3) is 0.533. The molecule has 2 aromatic rings. The minimum absolute atomic E-state index is 0.119. The van der Waals surface area contributed by atoms with E-state index in [0.29, 0.717) is 16.9 Å². The van der Waals surface area contributed by atoms with Gasteiger partial charge in [0.15, 0.2) is 0 Å². The van der Waals surface area contributed by atoms with Crippen molar-refractivity contribution in [2.24, 2.45) is 17.1 Å². The number of aliphatic hydroxyl groups is 1. The summed E-state index contributed by atoms with van der Waals surface area (Å²) in [5.41, 5.74) is 8.48. The van der Waals surface area contributed by atoms with Crippen LogP contribution in [0.1, 0.15) is 55.8 Å². The molecule has 1 saturated carbocycles. The van der Waals surface area contributed by atoms with Gasteiger partial charge in [-0.1, -0.05) is 37.6 Å². The largest absolute Gasteiger partial charge is 0.493 e. The molecule has 2 heterocycles. The molecule has 2 aliphatic heterocycles. The first kappa shape index (κ1) is 25.7. The highest BCUT2D eigenvalue weighted by atomic mass is 16.5. The Kier molecular flexibility index (Phi) is 7.54. The van der Waals surface area contributed by atoms with E-state index in [1.165, 1.54) is 56.6 Å². The van der Waals surface area contributed by atoms with Gasteiger partial charge in [-0.25, -0.2) is 0 Å². The van der Waals surface area contributed by atoms with E-state index in [1.54, 1.807) is 12.1 Å². The number of carbonyl (C=O) groups is 2. The number of nitrogens with zero attached hydrogens (tertiary/aromatic N) is 2. The molecule has 0 radical (unpaired) electrons. The van der Waals surface area contributed by atoms with Crippen LogP contribution in [0, 0.1) is 11.3 Å². The Bertz CT molecular complexity index is 1090. The fourth-order valence-corrected chi connectivity index (χ4v) is 6.03. The smallest absolute Gasteiger partial charge is 0.254 e. The second-order valence-electron chi connectivity index (χ2n) is 11.6. The fourth-order valence-electron chi connectivity index (χ4n) is 6.03. The van der Waals surface area contributed by atoms with Gasteiger partial charge in [-0.2, -0.15) is 0 Å². The Balaban J connectivity index is 1.11. The minimum Gasteiger partial charge on any atom is -0.493 e. The molecule has 7 nitrogen and oxygen atoms in total. The number of primary amides is 1. The molecule has 3 fully saturated rings. The zero-order chi connectivity index (χ0) is 26.0. The van der Waals surface area contributed by atoms with Gasteiger partial charge in [0, 0.05) is 25.1 Å². The predicted molar refractivity (Wildman–Crippen MR) is 143 cm³/mol. The molecule has 198 valence electrons. The maximum atomic E-state index is 12.9. The number of likely N-dealkylation sites (tertiary alicyclic amines) is 2. The SMILES string of the molecule is CC1(CN2CCC(COc3ccc(-c4ccc(C(=O)N5C[C@H](O)C[C@H]5C(N)=O)cc4)cc3)CC2)CCC1. The van der Waals surface area contributed by atoms with Crippen molar-refractivity contribution in [1.29, 1.82) is 0 Å². The molecule has 3 aliphatic rings. The maximum Gasteiger partial charge on any atom is 0.254 e. The van der Waals surface area contributed by atoms with Crippen LogP contribution < -0.4 is 10.5 Å². The van der Waals surface area contributed by atoms with Crippen LogP contribution in [0.25, 0.3) is 11.1 Å². The summed E-state index contributed by atoms with van der Waals surface area (Å²) in [5.74, 6) is 0.609. The summed E-state index contributed by atoms with van der Waals surface area (Å²) < 4.78 is 6.12. The molecule has 0 aromatic heterocycles. The first-order valence-electron chi connectivity index (χ1n) is 13.6. The molecule has 1 aliphatic carbocycles. The van der Waals surface area contributed by atoms with E-state index in [2.05, 4.69) is 11.8 Å². The summed E-state index contributed by atoms with van der Waals surface area (Å²) in [4.78, 5) is 28.6. The Morgan fingerprint density at radius 2 is 1.65 bits per heavy atom. The number of hydrogen-bond acceptors (Lipinski definition) is 5. The number of piperidine rings is 1. The first-order chi connectivity index (χ1) is 17.8. The van der Waals surface area contributed by atoms with Crippen molar-refractivity contribution in [1.82, 2.24) is 9.80 Å². The Labute approximate surface area is 219 Å². The van der Waals surface area contributed by atoms with Crippen molar-refractivity contribution in [2.45, 2.75) is 57.6 Å². The van der Waals surface area contributed by atoms with E-state index < -0.39 is 18.1 Å². The lowest BCUT2D eigenvalue weighted by Crippen LogP contribution is -2.44. The highest BCUT2D eigenvalue weighted by Crippen LogP contribution is 2.41. The zero-order valence-corrected chi connectivity index (χ0v) is 21.8. The molecule has 3 N–H and O–H groups in total. The molecule has 2 atom stereocenters.